The van der Waals surface area contributed by atoms with Gasteiger partial charge in [0, 0.05) is 43.7 Å². The molecule has 0 spiro atoms. The SMILES string of the molecule is COC(=O)c1sc2nc(CN3CCN(C=O)CC3)ccc2c1NC(=O)c1ccccc1. The molecule has 2 amide bonds. The molecule has 0 atom stereocenters. The highest BCUT2D eigenvalue weighted by atomic mass is 32.1. The van der Waals surface area contributed by atoms with Crippen molar-refractivity contribution in [3.05, 3.63) is 58.6 Å². The van der Waals surface area contributed by atoms with Gasteiger partial charge in [-0.05, 0) is 24.3 Å². The number of esters is 1. The highest BCUT2D eigenvalue weighted by molar-refractivity contribution is 7.21. The smallest absolute Gasteiger partial charge is 0.350 e. The molecule has 1 aliphatic rings. The fraction of sp³-hybridized carbons (Fsp3) is 0.273. The highest BCUT2D eigenvalue weighted by Crippen LogP contribution is 2.36. The largest absolute Gasteiger partial charge is 0.465 e. The van der Waals surface area contributed by atoms with E-state index < -0.39 is 5.97 Å². The van der Waals surface area contributed by atoms with Crippen molar-refractivity contribution in [2.24, 2.45) is 0 Å². The second-order valence-electron chi connectivity index (χ2n) is 7.19. The number of thiophene rings is 1. The van der Waals surface area contributed by atoms with Crippen LogP contribution in [0.15, 0.2) is 42.5 Å². The number of rotatable bonds is 6. The minimum atomic E-state index is -0.516. The summed E-state index contributed by atoms with van der Waals surface area (Å²) < 4.78 is 4.92. The molecule has 1 aromatic carbocycles. The first-order chi connectivity index (χ1) is 15.1. The topological polar surface area (TPSA) is 91.8 Å². The standard InChI is InChI=1S/C22H22N4O4S/c1-30-22(29)19-18(24-20(28)15-5-3-2-4-6-15)17-8-7-16(23-21(17)31-19)13-25-9-11-26(14-27)12-10-25/h2-8,14H,9-13H2,1H3,(H,24,28). The summed E-state index contributed by atoms with van der Waals surface area (Å²) in [5.41, 5.74) is 1.78. The van der Waals surface area contributed by atoms with E-state index in [2.05, 4.69) is 10.2 Å². The second kappa shape index (κ2) is 9.23. The molecule has 1 saturated heterocycles. The van der Waals surface area contributed by atoms with Gasteiger partial charge in [0.2, 0.25) is 6.41 Å². The molecule has 0 radical (unpaired) electrons. The Morgan fingerprint density at radius 1 is 1.13 bits per heavy atom. The number of anilines is 1. The van der Waals surface area contributed by atoms with E-state index in [9.17, 15) is 14.4 Å². The molecule has 0 bridgehead atoms. The summed E-state index contributed by atoms with van der Waals surface area (Å²) in [6.45, 7) is 3.63. The molecule has 0 aliphatic carbocycles. The summed E-state index contributed by atoms with van der Waals surface area (Å²) >= 11 is 1.20. The molecule has 2 aromatic heterocycles. The van der Waals surface area contributed by atoms with Crippen LogP contribution in [0.2, 0.25) is 0 Å². The second-order valence-corrected chi connectivity index (χ2v) is 8.19. The average Bonchev–Trinajstić information content (AvgIpc) is 3.17. The zero-order valence-corrected chi connectivity index (χ0v) is 17.9. The van der Waals surface area contributed by atoms with Crippen LogP contribution in [0, 0.1) is 0 Å². The lowest BCUT2D eigenvalue weighted by atomic mass is 10.2. The normalized spacial score (nSPS) is 14.4. The Balaban J connectivity index is 1.60. The summed E-state index contributed by atoms with van der Waals surface area (Å²) in [4.78, 5) is 45.6. The lowest BCUT2D eigenvalue weighted by Crippen LogP contribution is -2.45. The van der Waals surface area contributed by atoms with Crippen molar-refractivity contribution < 1.29 is 19.1 Å². The molecular formula is C22H22N4O4S. The molecule has 3 heterocycles. The molecule has 1 aliphatic heterocycles. The number of nitrogens with zero attached hydrogens (tertiary/aromatic N) is 3. The number of pyridine rings is 1. The van der Waals surface area contributed by atoms with Crippen molar-refractivity contribution in [1.82, 2.24) is 14.8 Å². The van der Waals surface area contributed by atoms with Crippen molar-refractivity contribution >= 4 is 45.5 Å². The number of carbonyl (C=O) groups excluding carboxylic acids is 3. The molecule has 0 saturated carbocycles. The lowest BCUT2D eigenvalue weighted by molar-refractivity contribution is -0.119. The zero-order valence-electron chi connectivity index (χ0n) is 17.0. The van der Waals surface area contributed by atoms with E-state index in [0.717, 1.165) is 25.2 Å². The van der Waals surface area contributed by atoms with Gasteiger partial charge in [0.05, 0.1) is 18.5 Å². The van der Waals surface area contributed by atoms with Gasteiger partial charge in [-0.1, -0.05) is 18.2 Å². The van der Waals surface area contributed by atoms with Crippen molar-refractivity contribution in [2.75, 3.05) is 38.6 Å². The minimum Gasteiger partial charge on any atom is -0.465 e. The number of piperazine rings is 1. The van der Waals surface area contributed by atoms with Crippen molar-refractivity contribution in [3.8, 4) is 0 Å². The number of carbonyl (C=O) groups is 3. The molecule has 0 unspecified atom stereocenters. The van der Waals surface area contributed by atoms with E-state index >= 15 is 0 Å². The molecule has 8 nitrogen and oxygen atoms in total. The fourth-order valence-electron chi connectivity index (χ4n) is 3.50. The highest BCUT2D eigenvalue weighted by Gasteiger charge is 2.23. The van der Waals surface area contributed by atoms with Gasteiger partial charge in [0.1, 0.15) is 9.71 Å². The third-order valence-corrected chi connectivity index (χ3v) is 6.28. The van der Waals surface area contributed by atoms with Gasteiger partial charge in [-0.2, -0.15) is 0 Å². The predicted octanol–water partition coefficient (Wildman–Crippen LogP) is 2.61. The van der Waals surface area contributed by atoms with Gasteiger partial charge in [0.15, 0.2) is 0 Å². The first-order valence-electron chi connectivity index (χ1n) is 9.88. The van der Waals surface area contributed by atoms with Gasteiger partial charge < -0.3 is 15.0 Å². The van der Waals surface area contributed by atoms with Crippen LogP contribution in [-0.2, 0) is 16.1 Å². The van der Waals surface area contributed by atoms with E-state index in [1.807, 2.05) is 18.2 Å². The van der Waals surface area contributed by atoms with Gasteiger partial charge in [-0.25, -0.2) is 9.78 Å². The maximum Gasteiger partial charge on any atom is 0.350 e. The third-order valence-electron chi connectivity index (χ3n) is 5.20. The van der Waals surface area contributed by atoms with Crippen LogP contribution >= 0.6 is 11.3 Å². The third kappa shape index (κ3) is 4.57. The minimum absolute atomic E-state index is 0.303. The maximum atomic E-state index is 12.7. The summed E-state index contributed by atoms with van der Waals surface area (Å²) in [7, 11) is 1.31. The van der Waals surface area contributed by atoms with Crippen LogP contribution in [0.1, 0.15) is 25.7 Å². The van der Waals surface area contributed by atoms with E-state index in [1.54, 1.807) is 29.2 Å². The fourth-order valence-corrected chi connectivity index (χ4v) is 4.56. The zero-order chi connectivity index (χ0) is 21.8. The number of fused-ring (bicyclic) bond motifs is 1. The Morgan fingerprint density at radius 2 is 1.87 bits per heavy atom. The maximum absolute atomic E-state index is 12.7. The summed E-state index contributed by atoms with van der Waals surface area (Å²) in [5, 5.41) is 3.56. The van der Waals surface area contributed by atoms with Crippen LogP contribution in [0.5, 0.6) is 0 Å². The van der Waals surface area contributed by atoms with Crippen molar-refractivity contribution in [1.29, 1.82) is 0 Å². The number of amides is 2. The predicted molar refractivity (Wildman–Crippen MR) is 118 cm³/mol. The quantitative estimate of drug-likeness (QED) is 0.470. The number of methoxy groups -OCH3 is 1. The molecule has 31 heavy (non-hydrogen) atoms. The van der Waals surface area contributed by atoms with Crippen LogP contribution in [0.3, 0.4) is 0 Å². The molecule has 4 rings (SSSR count). The van der Waals surface area contributed by atoms with Gasteiger partial charge >= 0.3 is 5.97 Å². The van der Waals surface area contributed by atoms with Gasteiger partial charge in [0.25, 0.3) is 5.91 Å². The Morgan fingerprint density at radius 3 is 2.55 bits per heavy atom. The number of ether oxygens (including phenoxy) is 1. The number of aromatic nitrogens is 1. The average molecular weight is 439 g/mol. The van der Waals surface area contributed by atoms with Gasteiger partial charge in [-0.15, -0.1) is 11.3 Å². The van der Waals surface area contributed by atoms with Crippen LogP contribution in [0.25, 0.3) is 10.2 Å². The summed E-state index contributed by atoms with van der Waals surface area (Å²) in [5.74, 6) is -0.819. The molecule has 1 fully saturated rings. The summed E-state index contributed by atoms with van der Waals surface area (Å²) in [6, 6.07) is 12.6. The Bertz CT molecular complexity index is 1110. The van der Waals surface area contributed by atoms with E-state index in [1.165, 1.54) is 18.4 Å². The van der Waals surface area contributed by atoms with Crippen LogP contribution in [0.4, 0.5) is 5.69 Å². The molecular weight excluding hydrogens is 416 g/mol. The molecule has 3 aromatic rings. The van der Waals surface area contributed by atoms with E-state index in [0.29, 0.717) is 46.0 Å². The molecule has 160 valence electrons. The number of nitrogens with one attached hydrogen (secondary N) is 1. The Kier molecular flexibility index (Phi) is 6.24. The number of hydrogen-bond donors (Lipinski definition) is 1. The first kappa shape index (κ1) is 21.0. The Hall–Kier alpha value is -3.30. The van der Waals surface area contributed by atoms with E-state index in [4.69, 9.17) is 9.72 Å². The van der Waals surface area contributed by atoms with Crippen LogP contribution in [-0.4, -0.2) is 66.4 Å². The van der Waals surface area contributed by atoms with Crippen molar-refractivity contribution in [3.63, 3.8) is 0 Å². The number of hydrogen-bond acceptors (Lipinski definition) is 7. The monoisotopic (exact) mass is 438 g/mol. The van der Waals surface area contributed by atoms with E-state index in [-0.39, 0.29) is 5.91 Å². The number of benzene rings is 1. The van der Waals surface area contributed by atoms with Gasteiger partial charge in [-0.3, -0.25) is 14.5 Å². The van der Waals surface area contributed by atoms with Crippen LogP contribution < -0.4 is 5.32 Å². The summed E-state index contributed by atoms with van der Waals surface area (Å²) in [6.07, 6.45) is 0.882. The first-order valence-corrected chi connectivity index (χ1v) is 10.7. The molecule has 1 N–H and O–H groups in total. The Labute approximate surface area is 183 Å². The van der Waals surface area contributed by atoms with Crippen molar-refractivity contribution in [2.45, 2.75) is 6.54 Å². The lowest BCUT2D eigenvalue weighted by Gasteiger charge is -2.32. The molecule has 9 heteroatoms.